The van der Waals surface area contributed by atoms with Gasteiger partial charge in [0, 0.05) is 29.5 Å². The van der Waals surface area contributed by atoms with E-state index in [4.69, 9.17) is 9.47 Å². The second-order valence-electron chi connectivity index (χ2n) is 5.30. The molecule has 5 heteroatoms. The zero-order valence-corrected chi connectivity index (χ0v) is 13.8. The van der Waals surface area contributed by atoms with E-state index < -0.39 is 0 Å². The first-order valence-corrected chi connectivity index (χ1v) is 8.94. The molecule has 1 N–H and O–H groups in total. The average molecular weight is 329 g/mol. The molecule has 2 aromatic rings. The van der Waals surface area contributed by atoms with Gasteiger partial charge >= 0.3 is 0 Å². The second-order valence-corrected chi connectivity index (χ2v) is 6.16. The topological polar surface area (TPSA) is 47.6 Å². The van der Waals surface area contributed by atoms with Gasteiger partial charge in [-0.3, -0.25) is 4.79 Å². The minimum atomic E-state index is -0.129. The first-order valence-electron chi connectivity index (χ1n) is 7.55. The molecule has 0 spiro atoms. The van der Waals surface area contributed by atoms with Crippen molar-refractivity contribution in [3.63, 3.8) is 0 Å². The number of anilines is 1. The Kier molecular flexibility index (Phi) is 5.08. The van der Waals surface area contributed by atoms with Crippen molar-refractivity contribution in [1.82, 2.24) is 0 Å². The number of carbonyl (C=O) groups excluding carboxylic acids is 1. The van der Waals surface area contributed by atoms with Crippen molar-refractivity contribution in [1.29, 1.82) is 0 Å². The number of hydrogen-bond donors (Lipinski definition) is 1. The smallest absolute Gasteiger partial charge is 0.255 e. The van der Waals surface area contributed by atoms with Crippen molar-refractivity contribution >= 4 is 23.4 Å². The molecule has 0 saturated heterocycles. The Balaban J connectivity index is 1.71. The molecular weight excluding hydrogens is 310 g/mol. The van der Waals surface area contributed by atoms with Crippen LogP contribution in [0.25, 0.3) is 0 Å². The molecule has 23 heavy (non-hydrogen) atoms. The molecule has 0 aliphatic carbocycles. The molecule has 3 rings (SSSR count). The monoisotopic (exact) mass is 329 g/mol. The SMILES string of the molecule is CSCc1ccc(C(=O)Nc2ccc3c(c2)OCCCO3)cc1. The third kappa shape index (κ3) is 3.99. The highest BCUT2D eigenvalue weighted by Gasteiger charge is 2.12. The Morgan fingerprint density at radius 3 is 2.57 bits per heavy atom. The molecule has 0 fully saturated rings. The summed E-state index contributed by atoms with van der Waals surface area (Å²) in [5.74, 6) is 2.22. The molecule has 1 heterocycles. The van der Waals surface area contributed by atoms with Gasteiger partial charge in [0.25, 0.3) is 5.91 Å². The van der Waals surface area contributed by atoms with Crippen molar-refractivity contribution in [3.8, 4) is 11.5 Å². The third-order valence-corrected chi connectivity index (χ3v) is 4.15. The summed E-state index contributed by atoms with van der Waals surface area (Å²) in [5.41, 5.74) is 2.55. The summed E-state index contributed by atoms with van der Waals surface area (Å²) >= 11 is 1.76. The summed E-state index contributed by atoms with van der Waals surface area (Å²) in [6, 6.07) is 13.1. The van der Waals surface area contributed by atoms with E-state index in [1.54, 1.807) is 17.8 Å². The van der Waals surface area contributed by atoms with E-state index >= 15 is 0 Å². The number of rotatable bonds is 4. The van der Waals surface area contributed by atoms with Crippen LogP contribution in [0.3, 0.4) is 0 Å². The molecule has 0 bridgehead atoms. The van der Waals surface area contributed by atoms with Gasteiger partial charge < -0.3 is 14.8 Å². The maximum Gasteiger partial charge on any atom is 0.255 e. The Labute approximate surface area is 140 Å². The normalized spacial score (nSPS) is 13.3. The van der Waals surface area contributed by atoms with Crippen LogP contribution in [0.1, 0.15) is 22.3 Å². The van der Waals surface area contributed by atoms with Gasteiger partial charge in [-0.25, -0.2) is 0 Å². The standard InChI is InChI=1S/C18H19NO3S/c1-23-12-13-3-5-14(6-4-13)18(20)19-15-7-8-16-17(11-15)22-10-2-9-21-16/h3-8,11H,2,9-10,12H2,1H3,(H,19,20). The van der Waals surface area contributed by atoms with Crippen LogP contribution < -0.4 is 14.8 Å². The average Bonchev–Trinajstić information content (AvgIpc) is 2.80. The number of carbonyl (C=O) groups is 1. The summed E-state index contributed by atoms with van der Waals surface area (Å²) in [4.78, 5) is 12.3. The first kappa shape index (κ1) is 15.7. The molecule has 1 amide bonds. The quantitative estimate of drug-likeness (QED) is 0.922. The number of ether oxygens (including phenoxy) is 2. The fraction of sp³-hybridized carbons (Fsp3) is 0.278. The van der Waals surface area contributed by atoms with Crippen LogP contribution >= 0.6 is 11.8 Å². The van der Waals surface area contributed by atoms with Gasteiger partial charge in [0.05, 0.1) is 13.2 Å². The predicted molar refractivity (Wildman–Crippen MR) is 93.7 cm³/mol. The van der Waals surface area contributed by atoms with Crippen LogP contribution in [0, 0.1) is 0 Å². The molecule has 2 aromatic carbocycles. The van der Waals surface area contributed by atoms with Crippen LogP contribution in [0.4, 0.5) is 5.69 Å². The molecule has 0 saturated carbocycles. The van der Waals surface area contributed by atoms with Crippen LogP contribution in [-0.4, -0.2) is 25.4 Å². The summed E-state index contributed by atoms with van der Waals surface area (Å²) < 4.78 is 11.2. The minimum Gasteiger partial charge on any atom is -0.490 e. The van der Waals surface area contributed by atoms with Crippen LogP contribution in [0.2, 0.25) is 0 Å². The third-order valence-electron chi connectivity index (χ3n) is 3.53. The molecule has 120 valence electrons. The van der Waals surface area contributed by atoms with E-state index in [-0.39, 0.29) is 5.91 Å². The Hall–Kier alpha value is -2.14. The number of fused-ring (bicyclic) bond motifs is 1. The Morgan fingerprint density at radius 1 is 1.09 bits per heavy atom. The number of hydrogen-bond acceptors (Lipinski definition) is 4. The molecule has 0 radical (unpaired) electrons. The van der Waals surface area contributed by atoms with E-state index in [1.807, 2.05) is 36.4 Å². The number of benzene rings is 2. The van der Waals surface area contributed by atoms with Crippen molar-refractivity contribution < 1.29 is 14.3 Å². The minimum absolute atomic E-state index is 0.129. The number of thioether (sulfide) groups is 1. The van der Waals surface area contributed by atoms with E-state index in [9.17, 15) is 4.79 Å². The van der Waals surface area contributed by atoms with E-state index in [0.717, 1.165) is 17.9 Å². The van der Waals surface area contributed by atoms with E-state index in [2.05, 4.69) is 11.6 Å². The molecule has 0 atom stereocenters. The summed E-state index contributed by atoms with van der Waals surface area (Å²) in [7, 11) is 0. The predicted octanol–water partition coefficient (Wildman–Crippen LogP) is 3.96. The molecule has 0 aromatic heterocycles. The van der Waals surface area contributed by atoms with Crippen LogP contribution in [-0.2, 0) is 5.75 Å². The lowest BCUT2D eigenvalue weighted by Gasteiger charge is -2.10. The molecule has 0 unspecified atom stereocenters. The largest absolute Gasteiger partial charge is 0.490 e. The van der Waals surface area contributed by atoms with Gasteiger partial charge in [0.1, 0.15) is 0 Å². The van der Waals surface area contributed by atoms with Gasteiger partial charge in [0.15, 0.2) is 11.5 Å². The lowest BCUT2D eigenvalue weighted by atomic mass is 10.1. The highest BCUT2D eigenvalue weighted by Crippen LogP contribution is 2.32. The van der Waals surface area contributed by atoms with Gasteiger partial charge in [0.2, 0.25) is 0 Å². The number of nitrogens with one attached hydrogen (secondary N) is 1. The van der Waals surface area contributed by atoms with Crippen LogP contribution in [0.15, 0.2) is 42.5 Å². The Bertz CT molecular complexity index is 685. The molecule has 1 aliphatic heterocycles. The van der Waals surface area contributed by atoms with Gasteiger partial charge in [-0.15, -0.1) is 0 Å². The molecule has 1 aliphatic rings. The molecular formula is C18H19NO3S. The van der Waals surface area contributed by atoms with Gasteiger partial charge in [-0.2, -0.15) is 11.8 Å². The fourth-order valence-corrected chi connectivity index (χ4v) is 2.89. The highest BCUT2D eigenvalue weighted by atomic mass is 32.2. The number of amides is 1. The van der Waals surface area contributed by atoms with E-state index in [0.29, 0.717) is 30.2 Å². The van der Waals surface area contributed by atoms with Crippen LogP contribution in [0.5, 0.6) is 11.5 Å². The summed E-state index contributed by atoms with van der Waals surface area (Å²) in [6.45, 7) is 1.28. The van der Waals surface area contributed by atoms with Crippen molar-refractivity contribution in [2.45, 2.75) is 12.2 Å². The Morgan fingerprint density at radius 2 is 1.83 bits per heavy atom. The lowest BCUT2D eigenvalue weighted by molar-refractivity contribution is 0.102. The molecule has 4 nitrogen and oxygen atoms in total. The van der Waals surface area contributed by atoms with E-state index in [1.165, 1.54) is 5.56 Å². The fourth-order valence-electron chi connectivity index (χ4n) is 2.36. The lowest BCUT2D eigenvalue weighted by Crippen LogP contribution is -2.12. The summed E-state index contributed by atoms with van der Waals surface area (Å²) in [5, 5.41) is 2.90. The van der Waals surface area contributed by atoms with Crippen molar-refractivity contribution in [2.24, 2.45) is 0 Å². The first-order chi connectivity index (χ1) is 11.3. The van der Waals surface area contributed by atoms with Crippen molar-refractivity contribution in [3.05, 3.63) is 53.6 Å². The summed E-state index contributed by atoms with van der Waals surface area (Å²) in [6.07, 6.45) is 2.92. The zero-order valence-electron chi connectivity index (χ0n) is 13.0. The van der Waals surface area contributed by atoms with Crippen molar-refractivity contribution in [2.75, 3.05) is 24.8 Å². The highest BCUT2D eigenvalue weighted by molar-refractivity contribution is 7.97. The maximum absolute atomic E-state index is 12.3. The maximum atomic E-state index is 12.3. The van der Waals surface area contributed by atoms with Gasteiger partial charge in [-0.05, 0) is 36.1 Å². The second kappa shape index (κ2) is 7.42. The van der Waals surface area contributed by atoms with Gasteiger partial charge in [-0.1, -0.05) is 12.1 Å². The zero-order chi connectivity index (χ0) is 16.1.